The molecule has 0 aromatic carbocycles. The Morgan fingerprint density at radius 1 is 1.53 bits per heavy atom. The number of aliphatic carboxylic acids is 1. The van der Waals surface area contributed by atoms with Crippen molar-refractivity contribution in [2.75, 3.05) is 0 Å². The Bertz CT molecular complexity index is 441. The van der Waals surface area contributed by atoms with Crippen molar-refractivity contribution in [2.45, 2.75) is 12.8 Å². The average molecular weight is 221 g/mol. The van der Waals surface area contributed by atoms with Gasteiger partial charge in [-0.2, -0.15) is 0 Å². The molecule has 0 amide bonds. The SMILES string of the molecule is O=C(O)Cc1[nH]c(C(F)F)cc(=O)c1F. The number of rotatable bonds is 3. The fraction of sp³-hybridized carbons (Fsp3) is 0.250. The summed E-state index contributed by atoms with van der Waals surface area (Å²) in [6.45, 7) is 0. The van der Waals surface area contributed by atoms with Crippen LogP contribution in [0.5, 0.6) is 0 Å². The number of hydrogen-bond acceptors (Lipinski definition) is 2. The van der Waals surface area contributed by atoms with E-state index in [9.17, 15) is 22.8 Å². The van der Waals surface area contributed by atoms with Gasteiger partial charge in [0.2, 0.25) is 5.43 Å². The molecule has 0 aliphatic heterocycles. The van der Waals surface area contributed by atoms with Crippen LogP contribution in [0.3, 0.4) is 0 Å². The summed E-state index contributed by atoms with van der Waals surface area (Å²) in [6, 6.07) is 0.408. The molecule has 0 aliphatic carbocycles. The van der Waals surface area contributed by atoms with Gasteiger partial charge in [0.1, 0.15) is 0 Å². The molecule has 0 aliphatic rings. The summed E-state index contributed by atoms with van der Waals surface area (Å²) < 4.78 is 37.3. The zero-order valence-corrected chi connectivity index (χ0v) is 7.26. The largest absolute Gasteiger partial charge is 0.481 e. The number of halogens is 3. The lowest BCUT2D eigenvalue weighted by Crippen LogP contribution is -2.16. The molecular formula is C8H6F3NO3. The molecular weight excluding hydrogens is 215 g/mol. The summed E-state index contributed by atoms with van der Waals surface area (Å²) in [7, 11) is 0. The van der Waals surface area contributed by atoms with Crippen LogP contribution in [0.1, 0.15) is 17.8 Å². The number of aromatic amines is 1. The summed E-state index contributed by atoms with van der Waals surface area (Å²) in [5.74, 6) is -2.77. The van der Waals surface area contributed by atoms with Gasteiger partial charge in [-0.05, 0) is 0 Å². The number of pyridine rings is 1. The number of nitrogens with one attached hydrogen (secondary N) is 1. The number of aromatic nitrogens is 1. The molecule has 2 N–H and O–H groups in total. The molecule has 1 rings (SSSR count). The molecule has 0 spiro atoms. The van der Waals surface area contributed by atoms with E-state index in [0.29, 0.717) is 6.07 Å². The molecule has 7 heteroatoms. The van der Waals surface area contributed by atoms with Gasteiger partial charge in [0.05, 0.1) is 17.8 Å². The first-order valence-electron chi connectivity index (χ1n) is 3.83. The van der Waals surface area contributed by atoms with Crippen LogP contribution in [-0.4, -0.2) is 16.1 Å². The summed E-state index contributed by atoms with van der Waals surface area (Å²) in [4.78, 5) is 22.9. The molecule has 0 saturated heterocycles. The van der Waals surface area contributed by atoms with Gasteiger partial charge in [-0.1, -0.05) is 0 Å². The molecule has 1 aromatic heterocycles. The molecule has 15 heavy (non-hydrogen) atoms. The lowest BCUT2D eigenvalue weighted by Gasteiger charge is -2.04. The molecule has 1 aromatic rings. The van der Waals surface area contributed by atoms with Crippen LogP contribution in [0, 0.1) is 5.82 Å². The van der Waals surface area contributed by atoms with Gasteiger partial charge in [0.25, 0.3) is 6.43 Å². The number of carbonyl (C=O) groups is 1. The van der Waals surface area contributed by atoms with Crippen molar-refractivity contribution in [2.24, 2.45) is 0 Å². The van der Waals surface area contributed by atoms with Crippen LogP contribution in [0.4, 0.5) is 13.2 Å². The van der Waals surface area contributed by atoms with E-state index in [2.05, 4.69) is 0 Å². The van der Waals surface area contributed by atoms with Crippen molar-refractivity contribution in [1.82, 2.24) is 4.98 Å². The Morgan fingerprint density at radius 2 is 2.13 bits per heavy atom. The zero-order valence-electron chi connectivity index (χ0n) is 7.26. The number of hydrogen-bond donors (Lipinski definition) is 2. The minimum absolute atomic E-state index is 0.408. The highest BCUT2D eigenvalue weighted by atomic mass is 19.3. The second-order valence-electron chi connectivity index (χ2n) is 2.75. The van der Waals surface area contributed by atoms with Crippen LogP contribution in [0.25, 0.3) is 0 Å². The van der Waals surface area contributed by atoms with E-state index in [4.69, 9.17) is 5.11 Å². The molecule has 0 radical (unpaired) electrons. The highest BCUT2D eigenvalue weighted by Gasteiger charge is 2.16. The number of alkyl halides is 2. The number of carboxylic acids is 1. The smallest absolute Gasteiger partial charge is 0.309 e. The molecule has 0 atom stereocenters. The zero-order chi connectivity index (χ0) is 11.6. The predicted octanol–water partition coefficient (Wildman–Crippen LogP) is 1.08. The summed E-state index contributed by atoms with van der Waals surface area (Å²) in [5, 5.41) is 8.34. The van der Waals surface area contributed by atoms with Crippen molar-refractivity contribution in [3.05, 3.63) is 33.5 Å². The van der Waals surface area contributed by atoms with Crippen molar-refractivity contribution < 1.29 is 23.1 Å². The Hall–Kier alpha value is -1.79. The van der Waals surface area contributed by atoms with Gasteiger partial charge in [0, 0.05) is 6.07 Å². The Kier molecular flexibility index (Phi) is 3.13. The highest BCUT2D eigenvalue weighted by Crippen LogP contribution is 2.15. The Balaban J connectivity index is 3.25. The van der Waals surface area contributed by atoms with Crippen LogP contribution >= 0.6 is 0 Å². The third kappa shape index (κ3) is 2.58. The van der Waals surface area contributed by atoms with Crippen LogP contribution in [-0.2, 0) is 11.2 Å². The number of carboxylic acid groups (broad SMARTS) is 1. The van der Waals surface area contributed by atoms with E-state index in [1.807, 2.05) is 4.98 Å². The average Bonchev–Trinajstić information content (AvgIpc) is 2.11. The molecule has 0 bridgehead atoms. The van der Waals surface area contributed by atoms with Crippen molar-refractivity contribution >= 4 is 5.97 Å². The monoisotopic (exact) mass is 221 g/mol. The van der Waals surface area contributed by atoms with Crippen LogP contribution < -0.4 is 5.43 Å². The van der Waals surface area contributed by atoms with Crippen molar-refractivity contribution in [1.29, 1.82) is 0 Å². The van der Waals surface area contributed by atoms with E-state index in [0.717, 1.165) is 0 Å². The predicted molar refractivity (Wildman–Crippen MR) is 43.3 cm³/mol. The normalized spacial score (nSPS) is 10.7. The third-order valence-electron chi connectivity index (χ3n) is 1.63. The van der Waals surface area contributed by atoms with Crippen molar-refractivity contribution in [3.8, 4) is 0 Å². The maximum Gasteiger partial charge on any atom is 0.309 e. The molecule has 4 nitrogen and oxygen atoms in total. The lowest BCUT2D eigenvalue weighted by molar-refractivity contribution is -0.136. The Labute approximate surface area is 81.4 Å². The van der Waals surface area contributed by atoms with Gasteiger partial charge >= 0.3 is 5.97 Å². The minimum Gasteiger partial charge on any atom is -0.481 e. The highest BCUT2D eigenvalue weighted by molar-refractivity contribution is 5.69. The van der Waals surface area contributed by atoms with Gasteiger partial charge in [-0.25, -0.2) is 13.2 Å². The lowest BCUT2D eigenvalue weighted by atomic mass is 10.2. The minimum atomic E-state index is -2.98. The van der Waals surface area contributed by atoms with E-state index in [1.165, 1.54) is 0 Å². The maximum atomic E-state index is 13.0. The molecule has 0 fully saturated rings. The second kappa shape index (κ2) is 4.16. The summed E-state index contributed by atoms with van der Waals surface area (Å²) in [5.41, 5.74) is -2.69. The fourth-order valence-corrected chi connectivity index (χ4v) is 1.01. The quantitative estimate of drug-likeness (QED) is 0.802. The van der Waals surface area contributed by atoms with Crippen LogP contribution in [0.2, 0.25) is 0 Å². The second-order valence-corrected chi connectivity index (χ2v) is 2.75. The topological polar surface area (TPSA) is 70.2 Å². The van der Waals surface area contributed by atoms with Gasteiger partial charge in [-0.15, -0.1) is 0 Å². The van der Waals surface area contributed by atoms with Crippen LogP contribution in [0.15, 0.2) is 10.9 Å². The van der Waals surface area contributed by atoms with E-state index < -0.39 is 41.4 Å². The van der Waals surface area contributed by atoms with Crippen molar-refractivity contribution in [3.63, 3.8) is 0 Å². The van der Waals surface area contributed by atoms with Gasteiger partial charge in [-0.3, -0.25) is 9.59 Å². The molecule has 0 saturated carbocycles. The number of H-pyrrole nitrogens is 1. The van der Waals surface area contributed by atoms with E-state index >= 15 is 0 Å². The maximum absolute atomic E-state index is 13.0. The Morgan fingerprint density at radius 3 is 2.60 bits per heavy atom. The summed E-state index contributed by atoms with van der Waals surface area (Å²) in [6.07, 6.45) is -3.83. The van der Waals surface area contributed by atoms with E-state index in [-0.39, 0.29) is 0 Å². The van der Waals surface area contributed by atoms with Gasteiger partial charge < -0.3 is 10.1 Å². The fourth-order valence-electron chi connectivity index (χ4n) is 1.01. The molecule has 1 heterocycles. The standard InChI is InChI=1S/C8H6F3NO3/c9-7-3(2-6(14)15)12-4(8(10)11)1-5(7)13/h1,8H,2H2,(H,12,13)(H,14,15). The first-order chi connectivity index (χ1) is 6.91. The summed E-state index contributed by atoms with van der Waals surface area (Å²) >= 11 is 0. The molecule has 82 valence electrons. The first-order valence-corrected chi connectivity index (χ1v) is 3.83. The van der Waals surface area contributed by atoms with E-state index in [1.54, 1.807) is 0 Å². The van der Waals surface area contributed by atoms with Gasteiger partial charge in [0.15, 0.2) is 5.82 Å². The third-order valence-corrected chi connectivity index (χ3v) is 1.63. The first kappa shape index (κ1) is 11.3. The molecule has 0 unspecified atom stereocenters.